The van der Waals surface area contributed by atoms with Crippen molar-refractivity contribution in [2.45, 2.75) is 44.6 Å². The Hall–Kier alpha value is -0.0300. The van der Waals surface area contributed by atoms with Gasteiger partial charge in [0, 0.05) is 32.1 Å². The lowest BCUT2D eigenvalue weighted by Crippen LogP contribution is -2.36. The first-order chi connectivity index (χ1) is 8.31. The summed E-state index contributed by atoms with van der Waals surface area (Å²) in [4.78, 5) is 16.4. The maximum Gasteiger partial charge on any atom is 0.223 e. The van der Waals surface area contributed by atoms with E-state index < -0.39 is 0 Å². The summed E-state index contributed by atoms with van der Waals surface area (Å²) in [7, 11) is 0. The van der Waals surface area contributed by atoms with Crippen molar-refractivity contribution in [1.29, 1.82) is 0 Å². The van der Waals surface area contributed by atoms with E-state index in [0.717, 1.165) is 25.9 Å². The normalized spacial score (nSPS) is 24.3. The van der Waals surface area contributed by atoms with Gasteiger partial charge >= 0.3 is 0 Å². The van der Waals surface area contributed by atoms with Gasteiger partial charge in [-0.05, 0) is 45.2 Å². The summed E-state index contributed by atoms with van der Waals surface area (Å²) in [6.45, 7) is 4.87. The highest BCUT2D eigenvalue weighted by Crippen LogP contribution is 2.21. The number of carbonyl (C=O) groups excluding carboxylic acids is 1. The molecule has 0 saturated carbocycles. The average molecular weight is 312 g/mol. The molecule has 2 rings (SSSR count). The van der Waals surface area contributed by atoms with Crippen LogP contribution in [0.3, 0.4) is 0 Å². The van der Waals surface area contributed by atoms with Crippen LogP contribution in [0.25, 0.3) is 0 Å². The summed E-state index contributed by atoms with van der Waals surface area (Å²) < 4.78 is 0. The Bertz CT molecular complexity index is 260. The fourth-order valence-corrected chi connectivity index (χ4v) is 3.08. The number of hydrogen-bond acceptors (Lipinski definition) is 3. The zero-order chi connectivity index (χ0) is 12.1. The molecule has 2 fully saturated rings. The molecular formula is C13H27Cl2N3O. The van der Waals surface area contributed by atoms with Crippen molar-refractivity contribution < 1.29 is 4.79 Å². The van der Waals surface area contributed by atoms with Crippen LogP contribution in [0.1, 0.15) is 38.5 Å². The van der Waals surface area contributed by atoms with E-state index in [4.69, 9.17) is 5.73 Å². The molecule has 0 aromatic heterocycles. The second kappa shape index (κ2) is 9.81. The van der Waals surface area contributed by atoms with E-state index in [1.807, 2.05) is 4.90 Å². The maximum absolute atomic E-state index is 11.8. The van der Waals surface area contributed by atoms with Gasteiger partial charge in [0.2, 0.25) is 5.91 Å². The van der Waals surface area contributed by atoms with Crippen LogP contribution >= 0.6 is 24.8 Å². The Balaban J connectivity index is 0.00000162. The largest absolute Gasteiger partial charge is 0.343 e. The summed E-state index contributed by atoms with van der Waals surface area (Å²) in [5, 5.41) is 0. The summed E-state index contributed by atoms with van der Waals surface area (Å²) in [5.41, 5.74) is 5.45. The van der Waals surface area contributed by atoms with Crippen LogP contribution in [0.15, 0.2) is 0 Å². The maximum atomic E-state index is 11.8. The van der Waals surface area contributed by atoms with Crippen LogP contribution in [0.2, 0.25) is 0 Å². The standard InChI is InChI=1S/C13H25N3O.2ClH/c14-7-5-13(17)16-10-3-4-12(6-11-16)15-8-1-2-9-15;;/h12H,1-11,14H2;2*1H. The number of hydrogen-bond donors (Lipinski definition) is 1. The van der Waals surface area contributed by atoms with Crippen LogP contribution < -0.4 is 5.73 Å². The van der Waals surface area contributed by atoms with Gasteiger partial charge in [0.15, 0.2) is 0 Å². The quantitative estimate of drug-likeness (QED) is 0.862. The van der Waals surface area contributed by atoms with E-state index in [0.29, 0.717) is 19.0 Å². The van der Waals surface area contributed by atoms with Gasteiger partial charge in [0.25, 0.3) is 0 Å². The molecule has 0 radical (unpaired) electrons. The number of nitrogens with zero attached hydrogens (tertiary/aromatic N) is 2. The SMILES string of the molecule is Cl.Cl.NCCC(=O)N1CCCC(N2CCCC2)CC1. The van der Waals surface area contributed by atoms with Crippen LogP contribution in [0, 0.1) is 0 Å². The molecule has 6 heteroatoms. The molecule has 1 unspecified atom stereocenters. The number of carbonyl (C=O) groups is 1. The van der Waals surface area contributed by atoms with Gasteiger partial charge in [-0.15, -0.1) is 24.8 Å². The van der Waals surface area contributed by atoms with Gasteiger partial charge in [0.05, 0.1) is 0 Å². The minimum Gasteiger partial charge on any atom is -0.343 e. The van der Waals surface area contributed by atoms with Crippen LogP contribution in [0.5, 0.6) is 0 Å². The molecule has 0 spiro atoms. The number of halogens is 2. The van der Waals surface area contributed by atoms with Gasteiger partial charge in [-0.3, -0.25) is 4.79 Å². The molecule has 19 heavy (non-hydrogen) atoms. The van der Waals surface area contributed by atoms with Crippen LogP contribution in [-0.4, -0.2) is 54.5 Å². The smallest absolute Gasteiger partial charge is 0.223 e. The lowest BCUT2D eigenvalue weighted by Gasteiger charge is -2.26. The van der Waals surface area contributed by atoms with Gasteiger partial charge in [-0.1, -0.05) is 0 Å². The van der Waals surface area contributed by atoms with Gasteiger partial charge in [-0.25, -0.2) is 0 Å². The third kappa shape index (κ3) is 5.46. The molecule has 1 amide bonds. The van der Waals surface area contributed by atoms with E-state index in [-0.39, 0.29) is 30.7 Å². The molecule has 0 bridgehead atoms. The fraction of sp³-hybridized carbons (Fsp3) is 0.923. The van der Waals surface area contributed by atoms with E-state index in [1.54, 1.807) is 0 Å². The van der Waals surface area contributed by atoms with Crippen molar-refractivity contribution in [2.24, 2.45) is 5.73 Å². The first-order valence-corrected chi connectivity index (χ1v) is 7.03. The van der Waals surface area contributed by atoms with Crippen molar-refractivity contribution in [2.75, 3.05) is 32.7 Å². The average Bonchev–Trinajstić information content (AvgIpc) is 2.74. The van der Waals surface area contributed by atoms with Crippen molar-refractivity contribution in [3.05, 3.63) is 0 Å². The summed E-state index contributed by atoms with van der Waals surface area (Å²) >= 11 is 0. The highest BCUT2D eigenvalue weighted by molar-refractivity contribution is 5.85. The second-order valence-electron chi connectivity index (χ2n) is 5.25. The monoisotopic (exact) mass is 311 g/mol. The Kier molecular flexibility index (Phi) is 9.79. The Morgan fingerprint density at radius 3 is 2.32 bits per heavy atom. The Morgan fingerprint density at radius 2 is 1.68 bits per heavy atom. The third-order valence-electron chi connectivity index (χ3n) is 4.07. The zero-order valence-corrected chi connectivity index (χ0v) is 13.2. The molecule has 2 aliphatic heterocycles. The van der Waals surface area contributed by atoms with Gasteiger partial charge in [0.1, 0.15) is 0 Å². The Labute approximate surface area is 128 Å². The van der Waals surface area contributed by atoms with E-state index in [1.165, 1.54) is 32.4 Å². The number of rotatable bonds is 3. The molecule has 0 aliphatic carbocycles. The van der Waals surface area contributed by atoms with Crippen molar-refractivity contribution in [3.8, 4) is 0 Å². The van der Waals surface area contributed by atoms with E-state index in [2.05, 4.69) is 4.90 Å². The van der Waals surface area contributed by atoms with Gasteiger partial charge < -0.3 is 15.5 Å². The molecule has 0 aromatic rings. The molecule has 1 atom stereocenters. The highest BCUT2D eigenvalue weighted by Gasteiger charge is 2.25. The second-order valence-corrected chi connectivity index (χ2v) is 5.25. The van der Waals surface area contributed by atoms with Crippen molar-refractivity contribution >= 4 is 30.7 Å². The lowest BCUT2D eigenvalue weighted by molar-refractivity contribution is -0.130. The minimum atomic E-state index is 0. The topological polar surface area (TPSA) is 49.6 Å². The van der Waals surface area contributed by atoms with E-state index in [9.17, 15) is 4.79 Å². The third-order valence-corrected chi connectivity index (χ3v) is 4.07. The highest BCUT2D eigenvalue weighted by atomic mass is 35.5. The predicted octanol–water partition coefficient (Wildman–Crippen LogP) is 1.66. The molecule has 0 aromatic carbocycles. The van der Waals surface area contributed by atoms with Crippen LogP contribution in [0.4, 0.5) is 0 Å². The number of nitrogens with two attached hydrogens (primary N) is 1. The minimum absolute atomic E-state index is 0. The Morgan fingerprint density at radius 1 is 1.00 bits per heavy atom. The molecule has 2 N–H and O–H groups in total. The molecule has 2 heterocycles. The van der Waals surface area contributed by atoms with Crippen LogP contribution in [-0.2, 0) is 4.79 Å². The molecular weight excluding hydrogens is 285 g/mol. The predicted molar refractivity (Wildman–Crippen MR) is 83.2 cm³/mol. The number of likely N-dealkylation sites (tertiary alicyclic amines) is 2. The zero-order valence-electron chi connectivity index (χ0n) is 11.6. The van der Waals surface area contributed by atoms with E-state index >= 15 is 0 Å². The first kappa shape index (κ1) is 19.0. The van der Waals surface area contributed by atoms with Gasteiger partial charge in [-0.2, -0.15) is 0 Å². The fourth-order valence-electron chi connectivity index (χ4n) is 3.08. The number of amides is 1. The molecule has 114 valence electrons. The van der Waals surface area contributed by atoms with Crippen molar-refractivity contribution in [1.82, 2.24) is 9.80 Å². The summed E-state index contributed by atoms with van der Waals surface area (Å²) in [6.07, 6.45) is 6.77. The first-order valence-electron chi connectivity index (χ1n) is 7.03. The molecule has 2 saturated heterocycles. The lowest BCUT2D eigenvalue weighted by atomic mass is 10.1. The summed E-state index contributed by atoms with van der Waals surface area (Å²) in [6, 6.07) is 0.716. The molecule has 4 nitrogen and oxygen atoms in total. The van der Waals surface area contributed by atoms with Crippen molar-refractivity contribution in [3.63, 3.8) is 0 Å². The molecule has 2 aliphatic rings. The summed E-state index contributed by atoms with van der Waals surface area (Å²) in [5.74, 6) is 0.245.